The molecule has 0 aromatic heterocycles. The number of nitrogens with one attached hydrogen (secondary N) is 1. The smallest absolute Gasteiger partial charge is 0.0122 e. The minimum absolute atomic E-state index is 0.343. The van der Waals surface area contributed by atoms with E-state index in [1.54, 1.807) is 0 Å². The van der Waals surface area contributed by atoms with Crippen LogP contribution in [0.4, 0.5) is 0 Å². The Morgan fingerprint density at radius 1 is 1.44 bits per heavy atom. The summed E-state index contributed by atoms with van der Waals surface area (Å²) in [5.74, 6) is 1.94. The maximum atomic E-state index is 6.48. The summed E-state index contributed by atoms with van der Waals surface area (Å²) in [4.78, 5) is 2.42. The summed E-state index contributed by atoms with van der Waals surface area (Å²) in [6.45, 7) is 8.03. The van der Waals surface area contributed by atoms with E-state index in [0.29, 0.717) is 23.8 Å². The second kappa shape index (κ2) is 6.58. The molecule has 0 aromatic carbocycles. The van der Waals surface area contributed by atoms with Gasteiger partial charge in [0.2, 0.25) is 0 Å². The first-order valence-corrected chi connectivity index (χ1v) is 6.65. The third-order valence-corrected chi connectivity index (χ3v) is 4.00. The van der Waals surface area contributed by atoms with Crippen molar-refractivity contribution in [3.05, 3.63) is 0 Å². The van der Waals surface area contributed by atoms with Gasteiger partial charge >= 0.3 is 0 Å². The average Bonchev–Trinajstić information content (AvgIpc) is 2.24. The normalized spacial score (nSPS) is 27.0. The minimum Gasteiger partial charge on any atom is -0.327 e. The van der Waals surface area contributed by atoms with E-state index in [2.05, 4.69) is 31.1 Å². The highest BCUT2D eigenvalue weighted by atomic mass is 15.1. The third kappa shape index (κ3) is 3.72. The largest absolute Gasteiger partial charge is 0.327 e. The summed E-state index contributed by atoms with van der Waals surface area (Å²) in [5, 5.41) is 3.29. The molecule has 3 atom stereocenters. The summed E-state index contributed by atoms with van der Waals surface area (Å²) in [7, 11) is 4.23. The summed E-state index contributed by atoms with van der Waals surface area (Å²) in [5.41, 5.74) is 6.48. The fraction of sp³-hybridized carbons (Fsp3) is 1.00. The van der Waals surface area contributed by atoms with Crippen LogP contribution in [-0.2, 0) is 0 Å². The maximum Gasteiger partial charge on any atom is 0.0122 e. The average molecular weight is 227 g/mol. The molecule has 0 bridgehead atoms. The van der Waals surface area contributed by atoms with Crippen LogP contribution in [-0.4, -0.2) is 44.7 Å². The second-order valence-corrected chi connectivity index (χ2v) is 5.71. The Morgan fingerprint density at radius 2 is 2.12 bits per heavy atom. The van der Waals surface area contributed by atoms with Gasteiger partial charge < -0.3 is 16.0 Å². The van der Waals surface area contributed by atoms with Gasteiger partial charge in [0.05, 0.1) is 0 Å². The van der Waals surface area contributed by atoms with Gasteiger partial charge in [-0.25, -0.2) is 0 Å². The van der Waals surface area contributed by atoms with Crippen molar-refractivity contribution < 1.29 is 0 Å². The molecule has 3 unspecified atom stereocenters. The van der Waals surface area contributed by atoms with E-state index in [1.807, 2.05) is 7.05 Å². The molecule has 3 nitrogen and oxygen atoms in total. The number of likely N-dealkylation sites (tertiary alicyclic amines) is 1. The van der Waals surface area contributed by atoms with Crippen molar-refractivity contribution in [2.75, 3.05) is 33.7 Å². The number of hydrogen-bond acceptors (Lipinski definition) is 3. The van der Waals surface area contributed by atoms with Gasteiger partial charge in [0.15, 0.2) is 0 Å². The first-order valence-electron chi connectivity index (χ1n) is 6.65. The lowest BCUT2D eigenvalue weighted by atomic mass is 9.78. The van der Waals surface area contributed by atoms with E-state index in [9.17, 15) is 0 Å². The zero-order chi connectivity index (χ0) is 12.1. The standard InChI is InChI=1S/C13H29N3/c1-10(2)12(8-15-3)13(14)11-6-5-7-16(4)9-11/h10-13,15H,5-9,14H2,1-4H3. The first-order chi connectivity index (χ1) is 7.56. The molecular formula is C13H29N3. The predicted octanol–water partition coefficient (Wildman–Crippen LogP) is 1.15. The molecule has 0 radical (unpaired) electrons. The van der Waals surface area contributed by atoms with Crippen LogP contribution < -0.4 is 11.1 Å². The molecular weight excluding hydrogens is 198 g/mol. The second-order valence-electron chi connectivity index (χ2n) is 5.71. The lowest BCUT2D eigenvalue weighted by Gasteiger charge is -2.38. The molecule has 1 fully saturated rings. The fourth-order valence-corrected chi connectivity index (χ4v) is 2.92. The Bertz CT molecular complexity index is 194. The number of nitrogens with zero attached hydrogens (tertiary/aromatic N) is 1. The minimum atomic E-state index is 0.343. The van der Waals surface area contributed by atoms with Crippen molar-refractivity contribution in [3.8, 4) is 0 Å². The van der Waals surface area contributed by atoms with Crippen molar-refractivity contribution in [2.24, 2.45) is 23.5 Å². The monoisotopic (exact) mass is 227 g/mol. The lowest BCUT2D eigenvalue weighted by molar-refractivity contribution is 0.146. The molecule has 3 heteroatoms. The van der Waals surface area contributed by atoms with Gasteiger partial charge in [-0.2, -0.15) is 0 Å². The molecule has 16 heavy (non-hydrogen) atoms. The van der Waals surface area contributed by atoms with Gasteiger partial charge in [0, 0.05) is 12.6 Å². The molecule has 1 aliphatic rings. The summed E-state index contributed by atoms with van der Waals surface area (Å²) < 4.78 is 0. The molecule has 1 rings (SSSR count). The summed E-state index contributed by atoms with van der Waals surface area (Å²) >= 11 is 0. The zero-order valence-electron chi connectivity index (χ0n) is 11.4. The Hall–Kier alpha value is -0.120. The quantitative estimate of drug-likeness (QED) is 0.740. The molecule has 3 N–H and O–H groups in total. The van der Waals surface area contributed by atoms with Crippen LogP contribution in [0.5, 0.6) is 0 Å². The Morgan fingerprint density at radius 3 is 2.62 bits per heavy atom. The van der Waals surface area contributed by atoms with Crippen LogP contribution in [0, 0.1) is 17.8 Å². The van der Waals surface area contributed by atoms with E-state index in [0.717, 1.165) is 6.54 Å². The molecule has 1 saturated heterocycles. The number of piperidine rings is 1. The highest BCUT2D eigenvalue weighted by Gasteiger charge is 2.30. The fourth-order valence-electron chi connectivity index (χ4n) is 2.92. The molecule has 1 heterocycles. The van der Waals surface area contributed by atoms with Gasteiger partial charge in [0.1, 0.15) is 0 Å². The molecule has 0 amide bonds. The number of nitrogens with two attached hydrogens (primary N) is 1. The first kappa shape index (κ1) is 13.9. The van der Waals surface area contributed by atoms with E-state index in [4.69, 9.17) is 5.73 Å². The Labute approximate surface area is 101 Å². The molecule has 0 aromatic rings. The third-order valence-electron chi connectivity index (χ3n) is 4.00. The lowest BCUT2D eigenvalue weighted by Crippen LogP contribution is -2.49. The van der Waals surface area contributed by atoms with Crippen LogP contribution in [0.1, 0.15) is 26.7 Å². The van der Waals surface area contributed by atoms with Crippen LogP contribution in [0.3, 0.4) is 0 Å². The van der Waals surface area contributed by atoms with Gasteiger partial charge in [-0.05, 0) is 57.8 Å². The van der Waals surface area contributed by atoms with Crippen molar-refractivity contribution >= 4 is 0 Å². The summed E-state index contributed by atoms with van der Waals surface area (Å²) in [6, 6.07) is 0.343. The van der Waals surface area contributed by atoms with Gasteiger partial charge in [-0.1, -0.05) is 13.8 Å². The molecule has 0 saturated carbocycles. The zero-order valence-corrected chi connectivity index (χ0v) is 11.4. The SMILES string of the molecule is CNCC(C(C)C)C(N)C1CCCN(C)C1. The van der Waals surface area contributed by atoms with Gasteiger partial charge in [-0.15, -0.1) is 0 Å². The predicted molar refractivity (Wildman–Crippen MR) is 70.5 cm³/mol. The van der Waals surface area contributed by atoms with E-state index >= 15 is 0 Å². The van der Waals surface area contributed by atoms with Crippen LogP contribution in [0.2, 0.25) is 0 Å². The van der Waals surface area contributed by atoms with Gasteiger partial charge in [0.25, 0.3) is 0 Å². The maximum absolute atomic E-state index is 6.48. The van der Waals surface area contributed by atoms with Crippen LogP contribution in [0.25, 0.3) is 0 Å². The Kier molecular flexibility index (Phi) is 5.73. The number of hydrogen-bond donors (Lipinski definition) is 2. The van der Waals surface area contributed by atoms with Crippen LogP contribution >= 0.6 is 0 Å². The van der Waals surface area contributed by atoms with Crippen molar-refractivity contribution in [2.45, 2.75) is 32.7 Å². The van der Waals surface area contributed by atoms with Crippen molar-refractivity contribution in [1.82, 2.24) is 10.2 Å². The molecule has 0 spiro atoms. The number of rotatable bonds is 5. The van der Waals surface area contributed by atoms with Gasteiger partial charge in [-0.3, -0.25) is 0 Å². The molecule has 0 aliphatic carbocycles. The molecule has 1 aliphatic heterocycles. The van der Waals surface area contributed by atoms with Crippen LogP contribution in [0.15, 0.2) is 0 Å². The van der Waals surface area contributed by atoms with E-state index in [-0.39, 0.29) is 0 Å². The molecule has 96 valence electrons. The Balaban J connectivity index is 2.54. The van der Waals surface area contributed by atoms with E-state index in [1.165, 1.54) is 25.9 Å². The summed E-state index contributed by atoms with van der Waals surface area (Å²) in [6.07, 6.45) is 2.61. The van der Waals surface area contributed by atoms with E-state index < -0.39 is 0 Å². The topological polar surface area (TPSA) is 41.3 Å². The highest BCUT2D eigenvalue weighted by molar-refractivity contribution is 4.86. The highest BCUT2D eigenvalue weighted by Crippen LogP contribution is 2.25. The van der Waals surface area contributed by atoms with Crippen molar-refractivity contribution in [1.29, 1.82) is 0 Å². The van der Waals surface area contributed by atoms with Crippen molar-refractivity contribution in [3.63, 3.8) is 0 Å².